The van der Waals surface area contributed by atoms with E-state index in [9.17, 15) is 19.2 Å². The first-order valence-electron chi connectivity index (χ1n) is 9.66. The predicted molar refractivity (Wildman–Crippen MR) is 119 cm³/mol. The van der Waals surface area contributed by atoms with Gasteiger partial charge in [-0.05, 0) is 18.6 Å². The topological polar surface area (TPSA) is 142 Å². The Kier molecular flexibility index (Phi) is 7.08. The van der Waals surface area contributed by atoms with Gasteiger partial charge in [-0.1, -0.05) is 30.8 Å². The zero-order valence-electron chi connectivity index (χ0n) is 17.2. The number of aromatic amines is 1. The first-order chi connectivity index (χ1) is 14.9. The molecule has 3 N–H and O–H groups in total. The standard InChI is InChI=1S/C20H23N5O5S/c1-3-8-25-18(28)12-6-4-5-7-13(12)22-20(25)31-11-14(26)15-16(21)24(9-10-30-2)19(29)23-17(15)27/h4-7H,3,8-11,21H2,1-2H3,(H,23,27,29). The Labute approximate surface area is 181 Å². The summed E-state index contributed by atoms with van der Waals surface area (Å²) in [6, 6.07) is 6.99. The second kappa shape index (κ2) is 9.75. The molecule has 0 saturated carbocycles. The molecule has 0 fully saturated rings. The molecule has 3 rings (SSSR count). The normalized spacial score (nSPS) is 11.2. The van der Waals surface area contributed by atoms with E-state index in [-0.39, 0.29) is 35.8 Å². The van der Waals surface area contributed by atoms with E-state index in [1.807, 2.05) is 6.92 Å². The lowest BCUT2D eigenvalue weighted by atomic mass is 10.2. The molecule has 0 unspecified atom stereocenters. The van der Waals surface area contributed by atoms with Gasteiger partial charge in [0.15, 0.2) is 10.9 Å². The number of para-hydroxylation sites is 1. The molecule has 3 aromatic rings. The maximum atomic E-state index is 12.8. The van der Waals surface area contributed by atoms with Crippen LogP contribution < -0.4 is 22.5 Å². The third-order valence-electron chi connectivity index (χ3n) is 4.64. The van der Waals surface area contributed by atoms with Crippen LogP contribution in [0.3, 0.4) is 0 Å². The fourth-order valence-electron chi connectivity index (χ4n) is 3.14. The van der Waals surface area contributed by atoms with E-state index in [1.165, 1.54) is 11.7 Å². The van der Waals surface area contributed by atoms with Crippen LogP contribution >= 0.6 is 11.8 Å². The molecule has 2 heterocycles. The van der Waals surface area contributed by atoms with E-state index in [4.69, 9.17) is 10.5 Å². The lowest BCUT2D eigenvalue weighted by Gasteiger charge is -2.13. The Morgan fingerprint density at radius 3 is 2.65 bits per heavy atom. The maximum absolute atomic E-state index is 12.8. The summed E-state index contributed by atoms with van der Waals surface area (Å²) in [4.78, 5) is 56.6. The van der Waals surface area contributed by atoms with Gasteiger partial charge in [-0.2, -0.15) is 0 Å². The third kappa shape index (κ3) is 4.62. The SMILES string of the molecule is CCCn1c(SCC(=O)c2c(N)n(CCOC)c(=O)[nH]c2=O)nc2ccccc2c1=O. The van der Waals surface area contributed by atoms with Crippen LogP contribution in [0.2, 0.25) is 0 Å². The fourth-order valence-corrected chi connectivity index (χ4v) is 4.04. The predicted octanol–water partition coefficient (Wildman–Crippen LogP) is 0.860. The molecular weight excluding hydrogens is 422 g/mol. The van der Waals surface area contributed by atoms with E-state index < -0.39 is 17.0 Å². The average Bonchev–Trinajstić information content (AvgIpc) is 2.74. The number of nitrogens with two attached hydrogens (primary N) is 1. The number of carbonyl (C=O) groups is 1. The zero-order valence-corrected chi connectivity index (χ0v) is 18.0. The highest BCUT2D eigenvalue weighted by molar-refractivity contribution is 7.99. The molecular formula is C20H23N5O5S. The molecule has 31 heavy (non-hydrogen) atoms. The number of ketones is 1. The number of hydrogen-bond acceptors (Lipinski definition) is 8. The quantitative estimate of drug-likeness (QED) is 0.281. The van der Waals surface area contributed by atoms with Crippen molar-refractivity contribution in [1.82, 2.24) is 19.1 Å². The summed E-state index contributed by atoms with van der Waals surface area (Å²) in [7, 11) is 1.46. The third-order valence-corrected chi connectivity index (χ3v) is 5.62. The summed E-state index contributed by atoms with van der Waals surface area (Å²) >= 11 is 1.05. The Morgan fingerprint density at radius 1 is 1.19 bits per heavy atom. The van der Waals surface area contributed by atoms with Crippen molar-refractivity contribution in [3.8, 4) is 0 Å². The number of ether oxygens (including phenoxy) is 1. The summed E-state index contributed by atoms with van der Waals surface area (Å²) in [5.74, 6) is -0.959. The van der Waals surface area contributed by atoms with Gasteiger partial charge >= 0.3 is 5.69 Å². The van der Waals surface area contributed by atoms with E-state index in [1.54, 1.807) is 24.3 Å². The lowest BCUT2D eigenvalue weighted by Crippen LogP contribution is -2.37. The van der Waals surface area contributed by atoms with Gasteiger partial charge in [-0.15, -0.1) is 0 Å². The highest BCUT2D eigenvalue weighted by Crippen LogP contribution is 2.20. The molecule has 10 nitrogen and oxygen atoms in total. The average molecular weight is 446 g/mol. The molecule has 2 aromatic heterocycles. The molecule has 0 aliphatic heterocycles. The number of fused-ring (bicyclic) bond motifs is 1. The number of rotatable bonds is 9. The number of carbonyl (C=O) groups excluding carboxylic acids is 1. The minimum atomic E-state index is -0.848. The van der Waals surface area contributed by atoms with E-state index >= 15 is 0 Å². The number of benzene rings is 1. The molecule has 0 bridgehead atoms. The van der Waals surface area contributed by atoms with E-state index in [2.05, 4.69) is 9.97 Å². The second-order valence-corrected chi connectivity index (χ2v) is 7.69. The molecule has 0 atom stereocenters. The Morgan fingerprint density at radius 2 is 1.94 bits per heavy atom. The number of anilines is 1. The van der Waals surface area contributed by atoms with Gasteiger partial charge in [0.05, 0.1) is 29.8 Å². The van der Waals surface area contributed by atoms with Crippen molar-refractivity contribution in [2.75, 3.05) is 25.2 Å². The number of nitrogen functional groups attached to an aromatic ring is 1. The van der Waals surface area contributed by atoms with Crippen LogP contribution in [0.1, 0.15) is 23.7 Å². The number of Topliss-reactive ketones (excluding diaryl/α,β-unsaturated/α-hetero) is 1. The molecule has 0 aliphatic rings. The van der Waals surface area contributed by atoms with Gasteiger partial charge in [-0.3, -0.25) is 28.5 Å². The molecule has 164 valence electrons. The highest BCUT2D eigenvalue weighted by Gasteiger charge is 2.21. The number of aromatic nitrogens is 4. The number of hydrogen-bond donors (Lipinski definition) is 2. The number of thioether (sulfide) groups is 1. The van der Waals surface area contributed by atoms with Crippen LogP contribution in [0, 0.1) is 0 Å². The Balaban J connectivity index is 1.95. The van der Waals surface area contributed by atoms with Crippen LogP contribution in [0.5, 0.6) is 0 Å². The monoisotopic (exact) mass is 445 g/mol. The van der Waals surface area contributed by atoms with Gasteiger partial charge in [0.25, 0.3) is 11.1 Å². The van der Waals surface area contributed by atoms with Gasteiger partial charge in [-0.25, -0.2) is 9.78 Å². The fraction of sp³-hybridized carbons (Fsp3) is 0.350. The van der Waals surface area contributed by atoms with Crippen molar-refractivity contribution in [3.63, 3.8) is 0 Å². The van der Waals surface area contributed by atoms with Crippen molar-refractivity contribution >= 4 is 34.3 Å². The first-order valence-corrected chi connectivity index (χ1v) is 10.6. The van der Waals surface area contributed by atoms with E-state index in [0.29, 0.717) is 29.0 Å². The minimum Gasteiger partial charge on any atom is -0.384 e. The molecule has 0 spiro atoms. The van der Waals surface area contributed by atoms with Crippen LogP contribution in [0.4, 0.5) is 5.82 Å². The summed E-state index contributed by atoms with van der Waals surface area (Å²) in [6.07, 6.45) is 0.707. The molecule has 0 amide bonds. The lowest BCUT2D eigenvalue weighted by molar-refractivity contribution is 0.102. The number of methoxy groups -OCH3 is 1. The van der Waals surface area contributed by atoms with Crippen molar-refractivity contribution in [2.24, 2.45) is 0 Å². The maximum Gasteiger partial charge on any atom is 0.330 e. The molecule has 1 aromatic carbocycles. The van der Waals surface area contributed by atoms with Gasteiger partial charge in [0.1, 0.15) is 11.4 Å². The summed E-state index contributed by atoms with van der Waals surface area (Å²) in [6.45, 7) is 2.65. The van der Waals surface area contributed by atoms with Crippen LogP contribution in [0.25, 0.3) is 10.9 Å². The highest BCUT2D eigenvalue weighted by atomic mass is 32.2. The molecule has 0 aliphatic carbocycles. The smallest absolute Gasteiger partial charge is 0.330 e. The first kappa shape index (κ1) is 22.5. The molecule has 11 heteroatoms. The summed E-state index contributed by atoms with van der Waals surface area (Å²) in [5, 5.41) is 0.874. The molecule has 0 saturated heterocycles. The summed E-state index contributed by atoms with van der Waals surface area (Å²) < 4.78 is 7.55. The Bertz CT molecular complexity index is 1290. The van der Waals surface area contributed by atoms with Crippen LogP contribution in [-0.2, 0) is 17.8 Å². The Hall–Kier alpha value is -3.18. The largest absolute Gasteiger partial charge is 0.384 e. The minimum absolute atomic E-state index is 0.0909. The van der Waals surface area contributed by atoms with Crippen LogP contribution in [0.15, 0.2) is 43.8 Å². The zero-order chi connectivity index (χ0) is 22.5. The van der Waals surface area contributed by atoms with Crippen molar-refractivity contribution < 1.29 is 9.53 Å². The van der Waals surface area contributed by atoms with Crippen molar-refractivity contribution in [2.45, 2.75) is 31.6 Å². The number of nitrogens with one attached hydrogen (secondary N) is 1. The van der Waals surface area contributed by atoms with Gasteiger partial charge in [0, 0.05) is 13.7 Å². The van der Waals surface area contributed by atoms with E-state index in [0.717, 1.165) is 16.3 Å². The van der Waals surface area contributed by atoms with Gasteiger partial charge < -0.3 is 10.5 Å². The van der Waals surface area contributed by atoms with Crippen molar-refractivity contribution in [1.29, 1.82) is 0 Å². The number of H-pyrrole nitrogens is 1. The van der Waals surface area contributed by atoms with Crippen LogP contribution in [-0.4, -0.2) is 44.4 Å². The molecule has 0 radical (unpaired) electrons. The van der Waals surface area contributed by atoms with Crippen molar-refractivity contribution in [3.05, 3.63) is 61.0 Å². The number of nitrogens with zero attached hydrogens (tertiary/aromatic N) is 3. The summed E-state index contributed by atoms with van der Waals surface area (Å²) in [5.41, 5.74) is 4.44. The van der Waals surface area contributed by atoms with Gasteiger partial charge in [0.2, 0.25) is 0 Å². The second-order valence-electron chi connectivity index (χ2n) is 6.74.